The number of hydrogen-bond acceptors (Lipinski definition) is 9. The fourth-order valence-corrected chi connectivity index (χ4v) is 3.06. The molecule has 1 atom stereocenters. The summed E-state index contributed by atoms with van der Waals surface area (Å²) in [7, 11) is 1.27. The highest BCUT2D eigenvalue weighted by molar-refractivity contribution is 5.96. The van der Waals surface area contributed by atoms with Crippen LogP contribution in [0.4, 0.5) is 35.4 Å². The fraction of sp³-hybridized carbons (Fsp3) is 0.435. The van der Waals surface area contributed by atoms with Gasteiger partial charge in [-0.05, 0) is 51.8 Å². The van der Waals surface area contributed by atoms with Crippen molar-refractivity contribution in [3.05, 3.63) is 35.4 Å². The summed E-state index contributed by atoms with van der Waals surface area (Å²) in [6, 6.07) is 4.91. The van der Waals surface area contributed by atoms with Gasteiger partial charge in [0.05, 0.1) is 12.7 Å². The third-order valence-corrected chi connectivity index (χ3v) is 4.62. The first-order valence-electron chi connectivity index (χ1n) is 11.1. The molecule has 1 heterocycles. The molecule has 0 saturated heterocycles. The summed E-state index contributed by atoms with van der Waals surface area (Å²) in [6.07, 6.45) is -4.90. The van der Waals surface area contributed by atoms with Gasteiger partial charge < -0.3 is 31.2 Å². The number of rotatable bonds is 9. The van der Waals surface area contributed by atoms with Crippen molar-refractivity contribution in [1.29, 1.82) is 5.26 Å². The van der Waals surface area contributed by atoms with E-state index in [1.54, 1.807) is 20.8 Å². The summed E-state index contributed by atoms with van der Waals surface area (Å²) in [5.41, 5.74) is 3.84. The Hall–Kier alpha value is -4.28. The van der Waals surface area contributed by atoms with Crippen LogP contribution in [0.25, 0.3) is 0 Å². The number of aromatic nitrogens is 2. The van der Waals surface area contributed by atoms with E-state index in [1.807, 2.05) is 6.07 Å². The van der Waals surface area contributed by atoms with E-state index in [0.717, 1.165) is 18.2 Å². The Labute approximate surface area is 211 Å². The number of ether oxygens (including phenoxy) is 2. The normalized spacial score (nSPS) is 12.2. The first-order valence-corrected chi connectivity index (χ1v) is 11.1. The monoisotopic (exact) mass is 523 g/mol. The first kappa shape index (κ1) is 29.0. The Bertz CT molecular complexity index is 1160. The highest BCUT2D eigenvalue weighted by Gasteiger charge is 2.31. The number of carbonyl (C=O) groups is 2. The van der Waals surface area contributed by atoms with Gasteiger partial charge in [0.1, 0.15) is 17.7 Å². The van der Waals surface area contributed by atoms with Crippen LogP contribution < -0.4 is 26.4 Å². The third-order valence-electron chi connectivity index (χ3n) is 4.62. The summed E-state index contributed by atoms with van der Waals surface area (Å²) < 4.78 is 49.4. The summed E-state index contributed by atoms with van der Waals surface area (Å²) in [6.45, 7) is 5.25. The van der Waals surface area contributed by atoms with Crippen LogP contribution in [0, 0.1) is 11.3 Å². The van der Waals surface area contributed by atoms with Crippen LogP contribution in [-0.2, 0) is 15.7 Å². The van der Waals surface area contributed by atoms with Crippen molar-refractivity contribution in [2.45, 2.75) is 51.4 Å². The van der Waals surface area contributed by atoms with Gasteiger partial charge in [-0.3, -0.25) is 4.79 Å². The smallest absolute Gasteiger partial charge is 0.416 e. The van der Waals surface area contributed by atoms with Crippen LogP contribution >= 0.6 is 0 Å². The summed E-state index contributed by atoms with van der Waals surface area (Å²) in [5.74, 6) is -1.17. The van der Waals surface area contributed by atoms with Crippen LogP contribution in [-0.4, -0.2) is 47.3 Å². The number of nitriles is 1. The van der Waals surface area contributed by atoms with Gasteiger partial charge in [0.25, 0.3) is 0 Å². The molecule has 0 radical (unpaired) electrons. The molecule has 0 aliphatic heterocycles. The van der Waals surface area contributed by atoms with Crippen molar-refractivity contribution in [3.8, 4) is 11.9 Å². The maximum Gasteiger partial charge on any atom is 0.416 e. The zero-order valence-corrected chi connectivity index (χ0v) is 20.7. The summed E-state index contributed by atoms with van der Waals surface area (Å²) in [4.78, 5) is 32.7. The number of halogens is 3. The number of nitrogens with one attached hydrogen (secondary N) is 3. The molecular weight excluding hydrogens is 495 g/mol. The number of nitrogens with zero attached hydrogens (tertiary/aromatic N) is 3. The van der Waals surface area contributed by atoms with Gasteiger partial charge in [-0.1, -0.05) is 6.07 Å². The number of benzene rings is 1. The molecule has 37 heavy (non-hydrogen) atoms. The van der Waals surface area contributed by atoms with E-state index >= 15 is 0 Å². The lowest BCUT2D eigenvalue weighted by Gasteiger charge is -2.21. The number of methoxy groups -OCH3 is 1. The Morgan fingerprint density at radius 2 is 1.92 bits per heavy atom. The molecule has 5 N–H and O–H groups in total. The van der Waals surface area contributed by atoms with Crippen LogP contribution in [0.5, 0.6) is 5.88 Å². The lowest BCUT2D eigenvalue weighted by atomic mass is 10.1. The molecule has 0 aliphatic carbocycles. The number of amides is 2. The second-order valence-electron chi connectivity index (χ2n) is 8.76. The van der Waals surface area contributed by atoms with E-state index < -0.39 is 35.4 Å². The fourth-order valence-electron chi connectivity index (χ4n) is 3.06. The maximum atomic E-state index is 13.1. The van der Waals surface area contributed by atoms with Crippen LogP contribution in [0.3, 0.4) is 0 Å². The molecule has 0 fully saturated rings. The van der Waals surface area contributed by atoms with Crippen molar-refractivity contribution < 1.29 is 32.2 Å². The third kappa shape index (κ3) is 9.02. The van der Waals surface area contributed by atoms with Gasteiger partial charge in [0.15, 0.2) is 11.4 Å². The van der Waals surface area contributed by atoms with Crippen LogP contribution in [0.1, 0.15) is 44.7 Å². The quantitative estimate of drug-likeness (QED) is 0.359. The molecule has 0 unspecified atom stereocenters. The maximum absolute atomic E-state index is 13.1. The van der Waals surface area contributed by atoms with E-state index in [0.29, 0.717) is 0 Å². The number of nitrogens with two attached hydrogens (primary N) is 1. The minimum absolute atomic E-state index is 0.0810. The Kier molecular flexibility index (Phi) is 9.48. The lowest BCUT2D eigenvalue weighted by Crippen LogP contribution is -2.37. The van der Waals surface area contributed by atoms with E-state index in [2.05, 4.69) is 25.9 Å². The number of alkyl carbamates (subject to hydrolysis) is 1. The molecule has 11 nitrogen and oxygen atoms in total. The molecule has 14 heteroatoms. The van der Waals surface area contributed by atoms with Crippen molar-refractivity contribution in [3.63, 3.8) is 0 Å². The van der Waals surface area contributed by atoms with Crippen molar-refractivity contribution in [2.75, 3.05) is 30.0 Å². The molecule has 0 saturated carbocycles. The van der Waals surface area contributed by atoms with Crippen molar-refractivity contribution in [1.82, 2.24) is 15.3 Å². The van der Waals surface area contributed by atoms with Gasteiger partial charge in [0, 0.05) is 12.2 Å². The van der Waals surface area contributed by atoms with E-state index in [4.69, 9.17) is 15.2 Å². The number of carbonyl (C=O) groups excluding carboxylic acids is 2. The topological polar surface area (TPSA) is 164 Å². The number of alkyl halides is 3. The second-order valence-corrected chi connectivity index (χ2v) is 8.76. The van der Waals surface area contributed by atoms with Crippen LogP contribution in [0.2, 0.25) is 0 Å². The highest BCUT2D eigenvalue weighted by atomic mass is 19.4. The summed E-state index contributed by atoms with van der Waals surface area (Å²) in [5, 5.41) is 17.3. The number of anilines is 3. The lowest BCUT2D eigenvalue weighted by molar-refractivity contribution is -0.137. The molecule has 2 amide bonds. The van der Waals surface area contributed by atoms with E-state index in [1.165, 1.54) is 13.2 Å². The van der Waals surface area contributed by atoms with Crippen molar-refractivity contribution >= 4 is 29.5 Å². The predicted molar refractivity (Wildman–Crippen MR) is 129 cm³/mol. The van der Waals surface area contributed by atoms with Gasteiger partial charge in [0.2, 0.25) is 17.7 Å². The first-order chi connectivity index (χ1) is 17.2. The average molecular weight is 524 g/mol. The standard InChI is InChI=1S/C23H28F3N7O4/c1-22(2,3)37-21(35)29-10-6-9-16(31-17-15(12-27)19(36-4)33-20(28)32-17)18(34)30-14-8-5-7-13(11-14)23(24,25)26/h5,7-8,11,16H,6,9-10H2,1-4H3,(H,29,35)(H,30,34)(H3,28,31,32,33)/t16-/m0/s1. The van der Waals surface area contributed by atoms with Gasteiger partial charge >= 0.3 is 12.3 Å². The molecule has 1 aromatic heterocycles. The Morgan fingerprint density at radius 3 is 2.51 bits per heavy atom. The number of nitrogen functional groups attached to an aromatic ring is 1. The molecule has 2 aromatic rings. The van der Waals surface area contributed by atoms with Gasteiger partial charge in [-0.2, -0.15) is 28.4 Å². The van der Waals surface area contributed by atoms with Crippen LogP contribution in [0.15, 0.2) is 24.3 Å². The number of hydrogen-bond donors (Lipinski definition) is 4. The molecule has 200 valence electrons. The zero-order valence-electron chi connectivity index (χ0n) is 20.7. The van der Waals surface area contributed by atoms with E-state index in [-0.39, 0.29) is 48.3 Å². The minimum Gasteiger partial charge on any atom is -0.480 e. The Morgan fingerprint density at radius 1 is 1.22 bits per heavy atom. The van der Waals surface area contributed by atoms with Gasteiger partial charge in [-0.25, -0.2) is 4.79 Å². The molecule has 0 aliphatic rings. The largest absolute Gasteiger partial charge is 0.480 e. The highest BCUT2D eigenvalue weighted by Crippen LogP contribution is 2.31. The Balaban J connectivity index is 2.24. The molecule has 1 aromatic carbocycles. The minimum atomic E-state index is -4.59. The molecule has 0 bridgehead atoms. The zero-order chi connectivity index (χ0) is 27.8. The predicted octanol–water partition coefficient (Wildman–Crippen LogP) is 3.68. The van der Waals surface area contributed by atoms with E-state index in [9.17, 15) is 28.0 Å². The second kappa shape index (κ2) is 12.1. The summed E-state index contributed by atoms with van der Waals surface area (Å²) >= 11 is 0. The van der Waals surface area contributed by atoms with Crippen molar-refractivity contribution in [2.24, 2.45) is 0 Å². The van der Waals surface area contributed by atoms with Gasteiger partial charge in [-0.15, -0.1) is 0 Å². The molecule has 0 spiro atoms. The molecular formula is C23H28F3N7O4. The average Bonchev–Trinajstić information content (AvgIpc) is 2.79. The molecule has 2 rings (SSSR count). The SMILES string of the molecule is COc1nc(N)nc(N[C@@H](CCCNC(=O)OC(C)(C)C)C(=O)Nc2cccc(C(F)(F)F)c2)c1C#N.